The van der Waals surface area contributed by atoms with Gasteiger partial charge in [-0.05, 0) is 49.0 Å². The lowest BCUT2D eigenvalue weighted by molar-refractivity contribution is -0.133. The molecule has 1 fully saturated rings. The van der Waals surface area contributed by atoms with Crippen LogP contribution in [0.3, 0.4) is 0 Å². The van der Waals surface area contributed by atoms with Crippen molar-refractivity contribution in [2.75, 3.05) is 26.8 Å². The number of likely N-dealkylation sites (tertiary alicyclic amines) is 1. The first-order valence-corrected chi connectivity index (χ1v) is 9.84. The van der Waals surface area contributed by atoms with Crippen molar-refractivity contribution in [3.05, 3.63) is 35.9 Å². The fourth-order valence-electron chi connectivity index (χ4n) is 3.22. The number of carbonyl (C=O) groups excluding carboxylic acids is 1. The summed E-state index contributed by atoms with van der Waals surface area (Å²) in [6, 6.07) is 6.46. The van der Waals surface area contributed by atoms with Crippen molar-refractivity contribution in [2.24, 2.45) is 5.92 Å². The quantitative estimate of drug-likeness (QED) is 0.669. The first-order valence-electron chi connectivity index (χ1n) is 9.84. The van der Waals surface area contributed by atoms with Gasteiger partial charge in [-0.2, -0.15) is 0 Å². The van der Waals surface area contributed by atoms with Crippen LogP contribution in [0.2, 0.25) is 0 Å². The van der Waals surface area contributed by atoms with E-state index >= 15 is 0 Å². The molecule has 150 valence electrons. The summed E-state index contributed by atoms with van der Waals surface area (Å²) in [5.41, 5.74) is 2.13. The zero-order chi connectivity index (χ0) is 19.8. The highest BCUT2D eigenvalue weighted by atomic mass is 16.5. The number of hydrogen-bond acceptors (Lipinski definition) is 4. The fraction of sp³-hybridized carbons (Fsp3) is 0.591. The standard InChI is InChI=1S/C22H34N2O3/c1-16(2)12-22(25)24-10-8-19(9-11-24)23-14-18-6-7-20(26-5)21(13-18)27-15-17(3)4/h6-7,13,16,19,23H,3,8-12,14-15H2,1-2,4-5H3. The fourth-order valence-corrected chi connectivity index (χ4v) is 3.22. The number of rotatable bonds is 9. The molecule has 1 aliphatic heterocycles. The number of nitrogens with one attached hydrogen (secondary N) is 1. The van der Waals surface area contributed by atoms with E-state index in [-0.39, 0.29) is 5.91 Å². The van der Waals surface area contributed by atoms with E-state index in [9.17, 15) is 4.79 Å². The zero-order valence-electron chi connectivity index (χ0n) is 17.2. The molecule has 0 unspecified atom stereocenters. The Labute approximate surface area is 163 Å². The smallest absolute Gasteiger partial charge is 0.222 e. The molecule has 1 N–H and O–H groups in total. The van der Waals surface area contributed by atoms with Gasteiger partial charge in [0, 0.05) is 32.1 Å². The summed E-state index contributed by atoms with van der Waals surface area (Å²) in [5, 5.41) is 3.62. The Hall–Kier alpha value is -2.01. The van der Waals surface area contributed by atoms with Crippen LogP contribution in [0.4, 0.5) is 0 Å². The van der Waals surface area contributed by atoms with Crippen LogP contribution in [-0.4, -0.2) is 43.7 Å². The Morgan fingerprint density at radius 1 is 1.30 bits per heavy atom. The van der Waals surface area contributed by atoms with Crippen molar-refractivity contribution in [3.63, 3.8) is 0 Å². The van der Waals surface area contributed by atoms with Gasteiger partial charge in [-0.1, -0.05) is 26.5 Å². The van der Waals surface area contributed by atoms with Crippen molar-refractivity contribution < 1.29 is 14.3 Å². The van der Waals surface area contributed by atoms with E-state index in [0.717, 1.165) is 55.1 Å². The molecule has 5 heteroatoms. The minimum atomic E-state index is 0.290. The molecule has 1 heterocycles. The molecule has 0 aliphatic carbocycles. The van der Waals surface area contributed by atoms with E-state index in [0.29, 0.717) is 25.0 Å². The van der Waals surface area contributed by atoms with Crippen LogP contribution in [0.15, 0.2) is 30.4 Å². The summed E-state index contributed by atoms with van der Waals surface area (Å²) in [4.78, 5) is 14.2. The van der Waals surface area contributed by atoms with Crippen LogP contribution >= 0.6 is 0 Å². The highest BCUT2D eigenvalue weighted by molar-refractivity contribution is 5.76. The predicted molar refractivity (Wildman–Crippen MR) is 109 cm³/mol. The lowest BCUT2D eigenvalue weighted by Gasteiger charge is -2.33. The maximum atomic E-state index is 12.2. The summed E-state index contributed by atoms with van der Waals surface area (Å²) in [6.45, 7) is 12.9. The molecule has 0 spiro atoms. The van der Waals surface area contributed by atoms with Gasteiger partial charge >= 0.3 is 0 Å². The summed E-state index contributed by atoms with van der Waals surface area (Å²) in [6.07, 6.45) is 2.65. The van der Waals surface area contributed by atoms with Crippen LogP contribution in [0.1, 0.15) is 45.6 Å². The maximum Gasteiger partial charge on any atom is 0.222 e. The largest absolute Gasteiger partial charge is 0.493 e. The summed E-state index contributed by atoms with van der Waals surface area (Å²) in [7, 11) is 1.65. The van der Waals surface area contributed by atoms with E-state index in [1.165, 1.54) is 0 Å². The van der Waals surface area contributed by atoms with E-state index in [1.54, 1.807) is 7.11 Å². The molecule has 1 aliphatic rings. The molecule has 27 heavy (non-hydrogen) atoms. The number of carbonyl (C=O) groups is 1. The van der Waals surface area contributed by atoms with Gasteiger partial charge in [0.05, 0.1) is 7.11 Å². The normalized spacial score (nSPS) is 15.1. The van der Waals surface area contributed by atoms with E-state index < -0.39 is 0 Å². The third-order valence-electron chi connectivity index (χ3n) is 4.73. The Morgan fingerprint density at radius 3 is 2.59 bits per heavy atom. The second-order valence-corrected chi connectivity index (χ2v) is 7.86. The van der Waals surface area contributed by atoms with Crippen molar-refractivity contribution in [2.45, 2.75) is 52.6 Å². The zero-order valence-corrected chi connectivity index (χ0v) is 17.2. The van der Waals surface area contributed by atoms with Gasteiger partial charge in [0.1, 0.15) is 6.61 Å². The Morgan fingerprint density at radius 2 is 2.00 bits per heavy atom. The molecule has 1 saturated heterocycles. The van der Waals surface area contributed by atoms with E-state index in [1.807, 2.05) is 24.0 Å². The molecule has 1 amide bonds. The molecule has 0 saturated carbocycles. The molecule has 0 atom stereocenters. The highest BCUT2D eigenvalue weighted by Crippen LogP contribution is 2.28. The van der Waals surface area contributed by atoms with Crippen molar-refractivity contribution in [3.8, 4) is 11.5 Å². The molecule has 0 aromatic heterocycles. The van der Waals surface area contributed by atoms with Gasteiger partial charge in [-0.25, -0.2) is 0 Å². The van der Waals surface area contributed by atoms with Gasteiger partial charge in [-0.3, -0.25) is 4.79 Å². The summed E-state index contributed by atoms with van der Waals surface area (Å²) >= 11 is 0. The molecular weight excluding hydrogens is 340 g/mol. The minimum Gasteiger partial charge on any atom is -0.493 e. The Balaban J connectivity index is 1.84. The number of ether oxygens (including phenoxy) is 2. The minimum absolute atomic E-state index is 0.290. The Bertz CT molecular complexity index is 634. The molecule has 1 aromatic carbocycles. The van der Waals surface area contributed by atoms with Gasteiger partial charge in [0.15, 0.2) is 11.5 Å². The number of piperidine rings is 1. The van der Waals surface area contributed by atoms with E-state index in [4.69, 9.17) is 9.47 Å². The van der Waals surface area contributed by atoms with Crippen LogP contribution in [0.25, 0.3) is 0 Å². The number of methoxy groups -OCH3 is 1. The predicted octanol–water partition coefficient (Wildman–Crippen LogP) is 3.78. The molecule has 0 radical (unpaired) electrons. The molecular formula is C22H34N2O3. The summed E-state index contributed by atoms with van der Waals surface area (Å²) < 4.78 is 11.2. The lowest BCUT2D eigenvalue weighted by atomic mass is 10.0. The average molecular weight is 375 g/mol. The first-order chi connectivity index (χ1) is 12.9. The lowest BCUT2D eigenvalue weighted by Crippen LogP contribution is -2.44. The first kappa shape index (κ1) is 21.3. The van der Waals surface area contributed by atoms with Gasteiger partial charge in [0.25, 0.3) is 0 Å². The summed E-state index contributed by atoms with van der Waals surface area (Å²) in [5.74, 6) is 2.19. The van der Waals surface area contributed by atoms with Crippen LogP contribution in [-0.2, 0) is 11.3 Å². The second-order valence-electron chi connectivity index (χ2n) is 7.86. The van der Waals surface area contributed by atoms with E-state index in [2.05, 4.69) is 31.8 Å². The Kier molecular flexibility index (Phi) is 8.17. The van der Waals surface area contributed by atoms with Crippen LogP contribution < -0.4 is 14.8 Å². The second kappa shape index (κ2) is 10.4. The SMILES string of the molecule is C=C(C)COc1cc(CNC2CCN(C(=O)CC(C)C)CC2)ccc1OC. The van der Waals surface area contributed by atoms with Crippen LogP contribution in [0.5, 0.6) is 11.5 Å². The molecule has 0 bridgehead atoms. The third-order valence-corrected chi connectivity index (χ3v) is 4.73. The van der Waals surface area contributed by atoms with Gasteiger partial charge < -0.3 is 19.7 Å². The maximum absolute atomic E-state index is 12.2. The molecule has 5 nitrogen and oxygen atoms in total. The average Bonchev–Trinajstić information content (AvgIpc) is 2.64. The molecule has 1 aromatic rings. The monoisotopic (exact) mass is 374 g/mol. The highest BCUT2D eigenvalue weighted by Gasteiger charge is 2.22. The van der Waals surface area contributed by atoms with Crippen molar-refractivity contribution >= 4 is 5.91 Å². The van der Waals surface area contributed by atoms with Crippen LogP contribution in [0, 0.1) is 5.92 Å². The third kappa shape index (κ3) is 6.90. The number of nitrogens with zero attached hydrogens (tertiary/aromatic N) is 1. The topological polar surface area (TPSA) is 50.8 Å². The number of amides is 1. The molecule has 2 rings (SSSR count). The number of benzene rings is 1. The van der Waals surface area contributed by atoms with Crippen molar-refractivity contribution in [1.82, 2.24) is 10.2 Å². The number of hydrogen-bond donors (Lipinski definition) is 1. The van der Waals surface area contributed by atoms with Gasteiger partial charge in [-0.15, -0.1) is 0 Å². The van der Waals surface area contributed by atoms with Crippen molar-refractivity contribution in [1.29, 1.82) is 0 Å². The van der Waals surface area contributed by atoms with Gasteiger partial charge in [0.2, 0.25) is 5.91 Å².